The van der Waals surface area contributed by atoms with E-state index in [4.69, 9.17) is 5.73 Å². The highest BCUT2D eigenvalue weighted by Gasteiger charge is 2.22. The van der Waals surface area contributed by atoms with E-state index in [0.29, 0.717) is 19.4 Å². The van der Waals surface area contributed by atoms with Gasteiger partial charge in [0.1, 0.15) is 0 Å². The van der Waals surface area contributed by atoms with Crippen LogP contribution in [-0.2, 0) is 9.59 Å². The number of hydrogen-bond donors (Lipinski definition) is 4. The third-order valence-corrected chi connectivity index (χ3v) is 2.39. The summed E-state index contributed by atoms with van der Waals surface area (Å²) in [6.45, 7) is 2.13. The van der Waals surface area contributed by atoms with E-state index < -0.39 is 18.0 Å². The second-order valence-corrected chi connectivity index (χ2v) is 3.78. The molecule has 7 heteroatoms. The van der Waals surface area contributed by atoms with Gasteiger partial charge in [0.05, 0.1) is 6.04 Å². The van der Waals surface area contributed by atoms with E-state index in [2.05, 4.69) is 10.6 Å². The molecule has 1 rings (SSSR count). The molecule has 0 aliphatic carbocycles. The van der Waals surface area contributed by atoms with Crippen LogP contribution in [0, 0.1) is 0 Å². The predicted molar refractivity (Wildman–Crippen MR) is 56.4 cm³/mol. The van der Waals surface area contributed by atoms with Crippen molar-refractivity contribution >= 4 is 17.8 Å². The molecule has 4 amide bonds. The van der Waals surface area contributed by atoms with E-state index in [-0.39, 0.29) is 11.9 Å². The molecule has 1 fully saturated rings. The lowest BCUT2D eigenvalue weighted by molar-refractivity contribution is -0.122. The van der Waals surface area contributed by atoms with Crippen molar-refractivity contribution in [2.45, 2.75) is 31.8 Å². The van der Waals surface area contributed by atoms with Crippen LogP contribution >= 0.6 is 0 Å². The lowest BCUT2D eigenvalue weighted by atomic mass is 10.1. The Labute approximate surface area is 93.1 Å². The first-order valence-corrected chi connectivity index (χ1v) is 5.12. The first-order chi connectivity index (χ1) is 7.49. The average molecular weight is 228 g/mol. The lowest BCUT2D eigenvalue weighted by Gasteiger charge is -2.26. The zero-order valence-electron chi connectivity index (χ0n) is 9.08. The van der Waals surface area contributed by atoms with Crippen molar-refractivity contribution in [1.82, 2.24) is 16.0 Å². The monoisotopic (exact) mass is 228 g/mol. The van der Waals surface area contributed by atoms with Gasteiger partial charge in [-0.3, -0.25) is 14.9 Å². The number of hydrogen-bond acceptors (Lipinski definition) is 4. The summed E-state index contributed by atoms with van der Waals surface area (Å²) in [4.78, 5) is 32.7. The Morgan fingerprint density at radius 3 is 2.75 bits per heavy atom. The zero-order valence-corrected chi connectivity index (χ0v) is 9.08. The van der Waals surface area contributed by atoms with E-state index >= 15 is 0 Å². The van der Waals surface area contributed by atoms with Crippen LogP contribution in [0.4, 0.5) is 4.79 Å². The third-order valence-electron chi connectivity index (χ3n) is 2.39. The average Bonchev–Trinajstić information content (AvgIpc) is 2.20. The molecule has 2 unspecified atom stereocenters. The van der Waals surface area contributed by atoms with Crippen molar-refractivity contribution in [3.63, 3.8) is 0 Å². The Morgan fingerprint density at radius 1 is 1.56 bits per heavy atom. The van der Waals surface area contributed by atoms with Gasteiger partial charge in [0.2, 0.25) is 11.8 Å². The molecule has 0 saturated carbocycles. The molecule has 1 aliphatic heterocycles. The fourth-order valence-electron chi connectivity index (χ4n) is 1.53. The Kier molecular flexibility index (Phi) is 4.24. The molecule has 0 aromatic heterocycles. The molecule has 0 aromatic rings. The number of imide groups is 1. The van der Waals surface area contributed by atoms with Crippen LogP contribution in [0.5, 0.6) is 0 Å². The fraction of sp³-hybridized carbons (Fsp3) is 0.667. The van der Waals surface area contributed by atoms with Gasteiger partial charge in [-0.1, -0.05) is 0 Å². The molecular weight excluding hydrogens is 212 g/mol. The predicted octanol–water partition coefficient (Wildman–Crippen LogP) is -1.56. The molecule has 1 aliphatic rings. The van der Waals surface area contributed by atoms with Crippen LogP contribution in [0.15, 0.2) is 0 Å². The molecule has 90 valence electrons. The van der Waals surface area contributed by atoms with Crippen molar-refractivity contribution in [2.24, 2.45) is 5.73 Å². The molecule has 5 N–H and O–H groups in total. The molecule has 0 spiro atoms. The number of nitrogens with one attached hydrogen (secondary N) is 3. The first-order valence-electron chi connectivity index (χ1n) is 5.12. The topological polar surface area (TPSA) is 113 Å². The Morgan fingerprint density at radius 2 is 2.25 bits per heavy atom. The molecular formula is C9H16N4O3. The maximum absolute atomic E-state index is 11.3. The molecule has 7 nitrogen and oxygen atoms in total. The normalized spacial score (nSPS) is 22.1. The number of rotatable bonds is 3. The minimum Gasteiger partial charge on any atom is -0.355 e. The quantitative estimate of drug-likeness (QED) is 0.467. The van der Waals surface area contributed by atoms with Crippen LogP contribution < -0.4 is 21.7 Å². The van der Waals surface area contributed by atoms with Crippen molar-refractivity contribution in [1.29, 1.82) is 0 Å². The highest BCUT2D eigenvalue weighted by Crippen LogP contribution is 2.03. The molecule has 2 atom stereocenters. The Hall–Kier alpha value is -1.63. The number of carbonyl (C=O) groups excluding carboxylic acids is 3. The minimum absolute atomic E-state index is 0.0206. The van der Waals surface area contributed by atoms with Gasteiger partial charge in [0.25, 0.3) is 0 Å². The van der Waals surface area contributed by atoms with Gasteiger partial charge in [0.15, 0.2) is 0 Å². The van der Waals surface area contributed by atoms with Crippen LogP contribution in [0.2, 0.25) is 0 Å². The molecule has 1 heterocycles. The summed E-state index contributed by atoms with van der Waals surface area (Å²) in [5, 5.41) is 7.69. The maximum atomic E-state index is 11.3. The van der Waals surface area contributed by atoms with Crippen molar-refractivity contribution in [3.05, 3.63) is 0 Å². The summed E-state index contributed by atoms with van der Waals surface area (Å²) in [6, 6.07) is -1.34. The fourth-order valence-corrected chi connectivity index (χ4v) is 1.53. The van der Waals surface area contributed by atoms with Gasteiger partial charge in [-0.25, -0.2) is 4.79 Å². The van der Waals surface area contributed by atoms with Gasteiger partial charge < -0.3 is 16.4 Å². The number of amides is 4. The molecule has 16 heavy (non-hydrogen) atoms. The van der Waals surface area contributed by atoms with Crippen LogP contribution in [0.1, 0.15) is 19.8 Å². The summed E-state index contributed by atoms with van der Waals surface area (Å²) in [5.41, 5.74) is 4.83. The zero-order chi connectivity index (χ0) is 12.1. The van der Waals surface area contributed by atoms with Crippen LogP contribution in [0.25, 0.3) is 0 Å². The van der Waals surface area contributed by atoms with E-state index in [1.807, 2.05) is 5.32 Å². The summed E-state index contributed by atoms with van der Waals surface area (Å²) in [7, 11) is 0. The molecule has 1 saturated heterocycles. The van der Waals surface area contributed by atoms with Crippen LogP contribution in [-0.4, -0.2) is 36.5 Å². The molecule has 0 bridgehead atoms. The van der Waals surface area contributed by atoms with Gasteiger partial charge in [-0.05, 0) is 13.3 Å². The standard InChI is InChI=1S/C9H16N4O3/c1-5(8(15)13-9(10)16)12-6-2-3-7(14)11-4-6/h5-6,12H,2-4H2,1H3,(H,11,14)(H3,10,13,15,16). The lowest BCUT2D eigenvalue weighted by Crippen LogP contribution is -2.53. The third kappa shape index (κ3) is 3.85. The van der Waals surface area contributed by atoms with Crippen molar-refractivity contribution in [2.75, 3.05) is 6.54 Å². The number of urea groups is 1. The van der Waals surface area contributed by atoms with Gasteiger partial charge in [-0.2, -0.15) is 0 Å². The van der Waals surface area contributed by atoms with Gasteiger partial charge in [-0.15, -0.1) is 0 Å². The summed E-state index contributed by atoms with van der Waals surface area (Å²) >= 11 is 0. The van der Waals surface area contributed by atoms with Gasteiger partial charge in [0, 0.05) is 19.0 Å². The molecule has 0 aromatic carbocycles. The largest absolute Gasteiger partial charge is 0.355 e. The van der Waals surface area contributed by atoms with Crippen molar-refractivity contribution in [3.8, 4) is 0 Å². The smallest absolute Gasteiger partial charge is 0.318 e. The van der Waals surface area contributed by atoms with E-state index in [9.17, 15) is 14.4 Å². The number of primary amides is 1. The number of carbonyl (C=O) groups is 3. The van der Waals surface area contributed by atoms with E-state index in [1.54, 1.807) is 6.92 Å². The second-order valence-electron chi connectivity index (χ2n) is 3.78. The summed E-state index contributed by atoms with van der Waals surface area (Å²) in [6.07, 6.45) is 1.13. The van der Waals surface area contributed by atoms with E-state index in [1.165, 1.54) is 0 Å². The van der Waals surface area contributed by atoms with Crippen LogP contribution in [0.3, 0.4) is 0 Å². The summed E-state index contributed by atoms with van der Waals surface area (Å²) < 4.78 is 0. The summed E-state index contributed by atoms with van der Waals surface area (Å²) in [5.74, 6) is -0.448. The van der Waals surface area contributed by atoms with E-state index in [0.717, 1.165) is 0 Å². The van der Waals surface area contributed by atoms with Crippen molar-refractivity contribution < 1.29 is 14.4 Å². The highest BCUT2D eigenvalue weighted by molar-refractivity contribution is 5.96. The SMILES string of the molecule is CC(NC1CCC(=O)NC1)C(=O)NC(N)=O. The first kappa shape index (κ1) is 12.4. The second kappa shape index (κ2) is 5.45. The highest BCUT2D eigenvalue weighted by atomic mass is 16.2. The molecule has 0 radical (unpaired) electrons. The number of piperidine rings is 1. The minimum atomic E-state index is -0.865. The Balaban J connectivity index is 2.33. The number of nitrogens with two attached hydrogens (primary N) is 1. The maximum Gasteiger partial charge on any atom is 0.318 e. The van der Waals surface area contributed by atoms with Gasteiger partial charge >= 0.3 is 6.03 Å². The Bertz CT molecular complexity index is 295.